The molecule has 23 heavy (non-hydrogen) atoms. The van der Waals surface area contributed by atoms with Crippen molar-refractivity contribution >= 4 is 11.0 Å². The molecule has 0 bridgehead atoms. The van der Waals surface area contributed by atoms with E-state index < -0.39 is 0 Å². The van der Waals surface area contributed by atoms with Gasteiger partial charge in [0.25, 0.3) is 0 Å². The molecule has 0 N–H and O–H groups in total. The van der Waals surface area contributed by atoms with Crippen LogP contribution in [0.5, 0.6) is 0 Å². The molecule has 1 aliphatic rings. The number of rotatable bonds is 4. The van der Waals surface area contributed by atoms with Crippen LogP contribution < -0.4 is 0 Å². The van der Waals surface area contributed by atoms with Gasteiger partial charge in [0.05, 0.1) is 12.0 Å². The van der Waals surface area contributed by atoms with Gasteiger partial charge in [-0.2, -0.15) is 4.91 Å². The molecule has 0 atom stereocenters. The molecule has 0 unspecified atom stereocenters. The van der Waals surface area contributed by atoms with Crippen molar-refractivity contribution in [2.24, 2.45) is 5.18 Å². The minimum absolute atomic E-state index is 0.0743. The number of hydrogen-bond acceptors (Lipinski definition) is 3. The number of nitroso groups, excluding NO2 is 1. The Labute approximate surface area is 135 Å². The largest absolute Gasteiger partial charge is 0.460 e. The lowest BCUT2D eigenvalue weighted by molar-refractivity contribution is 0.0992. The Morgan fingerprint density at radius 2 is 1.74 bits per heavy atom. The number of fused-ring (bicyclic) bond motifs is 1. The van der Waals surface area contributed by atoms with Crippen LogP contribution in [0.3, 0.4) is 0 Å². The van der Waals surface area contributed by atoms with Crippen molar-refractivity contribution in [3.8, 4) is 0 Å². The van der Waals surface area contributed by atoms with E-state index in [4.69, 9.17) is 4.42 Å². The van der Waals surface area contributed by atoms with E-state index in [2.05, 4.69) is 42.4 Å². The minimum Gasteiger partial charge on any atom is -0.460 e. The molecule has 1 fully saturated rings. The van der Waals surface area contributed by atoms with Crippen LogP contribution in [0.1, 0.15) is 31.1 Å². The molecule has 1 saturated carbocycles. The Morgan fingerprint density at radius 1 is 1.04 bits per heavy atom. The molecule has 1 aromatic heterocycles. The highest BCUT2D eigenvalue weighted by molar-refractivity contribution is 5.78. The Balaban J connectivity index is 1.71. The summed E-state index contributed by atoms with van der Waals surface area (Å²) in [6.07, 6.45) is 1.77. The van der Waals surface area contributed by atoms with Crippen molar-refractivity contribution < 1.29 is 4.42 Å². The molecule has 4 rings (SSSR count). The number of hydrogen-bond donors (Lipinski definition) is 0. The fraction of sp³-hybridized carbons (Fsp3) is 0.300. The number of para-hydroxylation sites is 1. The second-order valence-corrected chi connectivity index (χ2v) is 7.00. The molecule has 0 spiro atoms. The first-order chi connectivity index (χ1) is 11.2. The summed E-state index contributed by atoms with van der Waals surface area (Å²) < 4.78 is 6.06. The third-order valence-electron chi connectivity index (χ3n) is 5.24. The van der Waals surface area contributed by atoms with Crippen LogP contribution in [-0.2, 0) is 10.8 Å². The first kappa shape index (κ1) is 14.2. The molecule has 0 radical (unpaired) electrons. The minimum atomic E-state index is -0.272. The Morgan fingerprint density at radius 3 is 2.43 bits per heavy atom. The van der Waals surface area contributed by atoms with Crippen molar-refractivity contribution in [2.45, 2.75) is 30.6 Å². The summed E-state index contributed by atoms with van der Waals surface area (Å²) in [5, 5.41) is 4.31. The fourth-order valence-corrected chi connectivity index (χ4v) is 4.22. The smallest absolute Gasteiger partial charge is 0.134 e. The zero-order chi connectivity index (χ0) is 15.9. The van der Waals surface area contributed by atoms with Crippen molar-refractivity contribution in [1.82, 2.24) is 0 Å². The molecule has 0 amide bonds. The van der Waals surface area contributed by atoms with E-state index in [1.165, 1.54) is 5.56 Å². The highest BCUT2D eigenvalue weighted by Gasteiger charge is 2.55. The fourth-order valence-electron chi connectivity index (χ4n) is 4.22. The van der Waals surface area contributed by atoms with Gasteiger partial charge in [0.15, 0.2) is 0 Å². The molecule has 3 aromatic rings. The molecule has 1 aliphatic carbocycles. The van der Waals surface area contributed by atoms with Gasteiger partial charge in [0.2, 0.25) is 0 Å². The van der Waals surface area contributed by atoms with Crippen molar-refractivity contribution in [2.75, 3.05) is 6.54 Å². The van der Waals surface area contributed by atoms with Crippen LogP contribution in [0.15, 0.2) is 70.3 Å². The third-order valence-corrected chi connectivity index (χ3v) is 5.24. The summed E-state index contributed by atoms with van der Waals surface area (Å²) in [4.78, 5) is 11.1. The summed E-state index contributed by atoms with van der Waals surface area (Å²) in [6.45, 7) is 2.53. The predicted octanol–water partition coefficient (Wildman–Crippen LogP) is 5.19. The van der Waals surface area contributed by atoms with Crippen LogP contribution in [0.4, 0.5) is 0 Å². The number of furan rings is 1. The quantitative estimate of drug-likeness (QED) is 0.623. The van der Waals surface area contributed by atoms with E-state index in [0.29, 0.717) is 0 Å². The third kappa shape index (κ3) is 2.19. The maximum Gasteiger partial charge on any atom is 0.134 e. The van der Waals surface area contributed by atoms with Gasteiger partial charge in [0, 0.05) is 5.39 Å². The Kier molecular flexibility index (Phi) is 3.12. The van der Waals surface area contributed by atoms with Crippen LogP contribution in [0.25, 0.3) is 11.0 Å². The number of nitrogens with zero attached hydrogens (tertiary/aromatic N) is 1. The summed E-state index contributed by atoms with van der Waals surface area (Å²) in [5.74, 6) is 0.895. The van der Waals surface area contributed by atoms with Crippen molar-refractivity contribution in [3.63, 3.8) is 0 Å². The zero-order valence-electron chi connectivity index (χ0n) is 13.2. The zero-order valence-corrected chi connectivity index (χ0v) is 13.2. The van der Waals surface area contributed by atoms with E-state index in [-0.39, 0.29) is 17.4 Å². The molecule has 0 saturated heterocycles. The van der Waals surface area contributed by atoms with E-state index in [1.54, 1.807) is 0 Å². The monoisotopic (exact) mass is 305 g/mol. The van der Waals surface area contributed by atoms with E-state index >= 15 is 0 Å². The molecular weight excluding hydrogens is 286 g/mol. The van der Waals surface area contributed by atoms with Gasteiger partial charge in [-0.3, -0.25) is 0 Å². The summed E-state index contributed by atoms with van der Waals surface area (Å²) in [5.41, 5.74) is 2.00. The average molecular weight is 305 g/mol. The second-order valence-electron chi connectivity index (χ2n) is 7.00. The lowest BCUT2D eigenvalue weighted by atomic mass is 9.50. The maximum absolute atomic E-state index is 11.1. The van der Waals surface area contributed by atoms with Crippen LogP contribution >= 0.6 is 0 Å². The molecule has 1 heterocycles. The van der Waals surface area contributed by atoms with E-state index in [1.807, 2.05) is 30.3 Å². The lowest BCUT2D eigenvalue weighted by Gasteiger charge is -2.53. The normalized spacial score (nSPS) is 26.8. The van der Waals surface area contributed by atoms with E-state index in [9.17, 15) is 4.91 Å². The lowest BCUT2D eigenvalue weighted by Crippen LogP contribution is -2.52. The molecular formula is C20H19NO2. The van der Waals surface area contributed by atoms with Gasteiger partial charge in [-0.25, -0.2) is 0 Å². The molecule has 3 heteroatoms. The van der Waals surface area contributed by atoms with Crippen molar-refractivity contribution in [3.05, 3.63) is 76.9 Å². The van der Waals surface area contributed by atoms with Gasteiger partial charge in [-0.15, -0.1) is 0 Å². The van der Waals surface area contributed by atoms with E-state index in [0.717, 1.165) is 29.6 Å². The molecule has 2 aromatic carbocycles. The first-order valence-electron chi connectivity index (χ1n) is 7.99. The average Bonchev–Trinajstić information content (AvgIpc) is 2.98. The SMILES string of the molecule is CC1(c2ccccc2)CC(CN=O)(c2cc3ccccc3o2)C1. The maximum atomic E-state index is 11.1. The van der Waals surface area contributed by atoms with Gasteiger partial charge in [0.1, 0.15) is 11.3 Å². The number of benzene rings is 2. The molecule has 116 valence electrons. The van der Waals surface area contributed by atoms with Gasteiger partial charge in [-0.1, -0.05) is 60.6 Å². The van der Waals surface area contributed by atoms with Gasteiger partial charge < -0.3 is 4.42 Å². The molecule has 3 nitrogen and oxygen atoms in total. The summed E-state index contributed by atoms with van der Waals surface area (Å²) >= 11 is 0. The van der Waals surface area contributed by atoms with Crippen LogP contribution in [0, 0.1) is 4.91 Å². The molecule has 0 aliphatic heterocycles. The van der Waals surface area contributed by atoms with Gasteiger partial charge >= 0.3 is 0 Å². The summed E-state index contributed by atoms with van der Waals surface area (Å²) in [7, 11) is 0. The standard InChI is InChI=1S/C20H19NO2/c1-19(16-8-3-2-4-9-16)12-20(13-19,14-21-22)18-11-15-7-5-6-10-17(15)23-18/h2-11H,12-14H2,1H3. The van der Waals surface area contributed by atoms with Crippen molar-refractivity contribution in [1.29, 1.82) is 0 Å². The first-order valence-corrected chi connectivity index (χ1v) is 7.99. The summed E-state index contributed by atoms with van der Waals surface area (Å²) in [6, 6.07) is 20.6. The van der Waals surface area contributed by atoms with Crippen LogP contribution in [-0.4, -0.2) is 6.54 Å². The van der Waals surface area contributed by atoms with Gasteiger partial charge in [-0.05, 0) is 36.0 Å². The Hall–Kier alpha value is -2.42. The highest BCUT2D eigenvalue weighted by atomic mass is 16.3. The Bertz CT molecular complexity index is 811. The topological polar surface area (TPSA) is 42.6 Å². The van der Waals surface area contributed by atoms with Crippen LogP contribution in [0.2, 0.25) is 0 Å². The highest BCUT2D eigenvalue weighted by Crippen LogP contribution is 2.57. The second kappa shape index (κ2) is 5.05. The predicted molar refractivity (Wildman–Crippen MR) is 91.6 cm³/mol.